The molecule has 10 heteroatoms. The first kappa shape index (κ1) is 30.0. The third-order valence-electron chi connectivity index (χ3n) is 7.71. The van der Waals surface area contributed by atoms with E-state index in [1.54, 1.807) is 0 Å². The normalized spacial score (nSPS) is 17.2. The van der Waals surface area contributed by atoms with E-state index in [0.717, 1.165) is 41.6 Å². The number of methoxy groups -OCH3 is 1. The van der Waals surface area contributed by atoms with E-state index in [-0.39, 0.29) is 43.4 Å². The van der Waals surface area contributed by atoms with Gasteiger partial charge in [-0.2, -0.15) is 0 Å². The lowest BCUT2D eigenvalue weighted by Crippen LogP contribution is -2.56. The second kappa shape index (κ2) is 14.1. The van der Waals surface area contributed by atoms with Crippen LogP contribution in [0.2, 0.25) is 0 Å². The van der Waals surface area contributed by atoms with Crippen LogP contribution in [-0.4, -0.2) is 68.8 Å². The van der Waals surface area contributed by atoms with Crippen molar-refractivity contribution in [1.29, 1.82) is 0 Å². The van der Waals surface area contributed by atoms with Crippen LogP contribution in [0.15, 0.2) is 48.5 Å². The van der Waals surface area contributed by atoms with Crippen LogP contribution >= 0.6 is 0 Å². The number of hydrogen-bond donors (Lipinski definition) is 4. The Kier molecular flexibility index (Phi) is 10.3. The molecule has 4 rings (SSSR count). The maximum absolute atomic E-state index is 13.0. The third kappa shape index (κ3) is 7.43. The average Bonchev–Trinajstić information content (AvgIpc) is 3.63. The molecule has 10 nitrogen and oxygen atoms in total. The Morgan fingerprint density at radius 1 is 0.976 bits per heavy atom. The number of carbonyl (C=O) groups is 4. The molecule has 0 radical (unpaired) electrons. The van der Waals surface area contributed by atoms with Crippen LogP contribution in [0.3, 0.4) is 0 Å². The molecular formula is C31H40N4O6. The van der Waals surface area contributed by atoms with Gasteiger partial charge < -0.3 is 30.7 Å². The zero-order valence-corrected chi connectivity index (χ0v) is 23.9. The standard InChI is InChI=1S/C31H40N4O6/c1-19(2)27(35-28(36)25-14-8-16-32-25)29(37)34-26(30(38)40-3)15-9-17-33-31(39)41-18-24-22-12-6-4-10-20(22)21-11-5-7-13-23(21)24/h4-7,10-13,19,24-27,32H,8-9,14-18H2,1-3H3,(H,33,39)(H,34,37)(H,35,36). The van der Waals surface area contributed by atoms with E-state index in [4.69, 9.17) is 9.47 Å². The molecule has 1 heterocycles. The molecule has 3 atom stereocenters. The maximum atomic E-state index is 13.0. The Morgan fingerprint density at radius 2 is 1.63 bits per heavy atom. The lowest BCUT2D eigenvalue weighted by atomic mass is 9.98. The summed E-state index contributed by atoms with van der Waals surface area (Å²) >= 11 is 0. The highest BCUT2D eigenvalue weighted by Crippen LogP contribution is 2.44. The van der Waals surface area contributed by atoms with Gasteiger partial charge in [-0.3, -0.25) is 9.59 Å². The van der Waals surface area contributed by atoms with Gasteiger partial charge in [-0.25, -0.2) is 9.59 Å². The van der Waals surface area contributed by atoms with E-state index in [0.29, 0.717) is 6.42 Å². The Labute approximate surface area is 240 Å². The number of carbonyl (C=O) groups excluding carboxylic acids is 4. The van der Waals surface area contributed by atoms with E-state index in [2.05, 4.69) is 45.5 Å². The number of ether oxygens (including phenoxy) is 2. The van der Waals surface area contributed by atoms with Gasteiger partial charge >= 0.3 is 12.1 Å². The molecule has 1 aliphatic carbocycles. The summed E-state index contributed by atoms with van der Waals surface area (Å²) < 4.78 is 10.4. The van der Waals surface area contributed by atoms with Gasteiger partial charge in [0.15, 0.2) is 0 Å². The van der Waals surface area contributed by atoms with Crippen LogP contribution in [-0.2, 0) is 23.9 Å². The first-order valence-electron chi connectivity index (χ1n) is 14.3. The number of hydrogen-bond acceptors (Lipinski definition) is 7. The summed E-state index contributed by atoms with van der Waals surface area (Å²) in [7, 11) is 1.25. The highest BCUT2D eigenvalue weighted by Gasteiger charge is 2.32. The molecule has 220 valence electrons. The summed E-state index contributed by atoms with van der Waals surface area (Å²) in [6, 6.07) is 14.2. The second-order valence-corrected chi connectivity index (χ2v) is 10.9. The van der Waals surface area contributed by atoms with Crippen molar-refractivity contribution in [3.63, 3.8) is 0 Å². The molecule has 0 bridgehead atoms. The minimum absolute atomic E-state index is 0.0362. The number of benzene rings is 2. The first-order chi connectivity index (χ1) is 19.8. The van der Waals surface area contributed by atoms with Crippen molar-refractivity contribution in [2.45, 2.75) is 63.6 Å². The zero-order chi connectivity index (χ0) is 29.4. The molecule has 3 amide bonds. The molecule has 2 aromatic rings. The summed E-state index contributed by atoms with van der Waals surface area (Å²) in [5, 5.41) is 11.4. The fraction of sp³-hybridized carbons (Fsp3) is 0.484. The Balaban J connectivity index is 1.24. The lowest BCUT2D eigenvalue weighted by molar-refractivity contribution is -0.145. The van der Waals surface area contributed by atoms with Crippen LogP contribution in [0.25, 0.3) is 11.1 Å². The van der Waals surface area contributed by atoms with Gasteiger partial charge in [0.25, 0.3) is 0 Å². The van der Waals surface area contributed by atoms with Crippen LogP contribution in [0.4, 0.5) is 4.79 Å². The summed E-state index contributed by atoms with van der Waals surface area (Å²) in [6.07, 6.45) is 1.72. The molecular weight excluding hydrogens is 524 g/mol. The van der Waals surface area contributed by atoms with Crippen LogP contribution in [0.5, 0.6) is 0 Å². The monoisotopic (exact) mass is 564 g/mol. The van der Waals surface area contributed by atoms with Gasteiger partial charge in [0.1, 0.15) is 18.7 Å². The van der Waals surface area contributed by atoms with Crippen molar-refractivity contribution in [3.05, 3.63) is 59.7 Å². The summed E-state index contributed by atoms with van der Waals surface area (Å²) in [5.74, 6) is -1.49. The van der Waals surface area contributed by atoms with Crippen LogP contribution < -0.4 is 21.3 Å². The van der Waals surface area contributed by atoms with E-state index in [1.807, 2.05) is 38.1 Å². The van der Waals surface area contributed by atoms with Gasteiger partial charge in [0.05, 0.1) is 13.2 Å². The summed E-state index contributed by atoms with van der Waals surface area (Å²) in [4.78, 5) is 50.5. The van der Waals surface area contributed by atoms with Crippen molar-refractivity contribution in [3.8, 4) is 11.1 Å². The van der Waals surface area contributed by atoms with Crippen LogP contribution in [0, 0.1) is 5.92 Å². The average molecular weight is 565 g/mol. The maximum Gasteiger partial charge on any atom is 0.407 e. The molecule has 0 spiro atoms. The third-order valence-corrected chi connectivity index (χ3v) is 7.71. The van der Waals surface area contributed by atoms with Crippen molar-refractivity contribution in [2.75, 3.05) is 26.8 Å². The molecule has 1 aliphatic heterocycles. The zero-order valence-electron chi connectivity index (χ0n) is 23.9. The number of amides is 3. The smallest absolute Gasteiger partial charge is 0.407 e. The van der Waals surface area contributed by atoms with Gasteiger partial charge in [-0.15, -0.1) is 0 Å². The molecule has 1 fully saturated rings. The number of rotatable bonds is 12. The SMILES string of the molecule is COC(=O)C(CCCNC(=O)OCC1c2ccccc2-c2ccccc21)NC(=O)C(NC(=O)C1CCCN1)C(C)C. The lowest BCUT2D eigenvalue weighted by Gasteiger charge is -2.25. The first-order valence-corrected chi connectivity index (χ1v) is 14.3. The quantitative estimate of drug-likeness (QED) is 0.230. The van der Waals surface area contributed by atoms with Gasteiger partial charge in [-0.05, 0) is 60.4 Å². The molecule has 1 saturated heterocycles. The minimum Gasteiger partial charge on any atom is -0.467 e. The Morgan fingerprint density at radius 3 is 2.22 bits per heavy atom. The van der Waals surface area contributed by atoms with Crippen molar-refractivity contribution >= 4 is 23.9 Å². The largest absolute Gasteiger partial charge is 0.467 e. The van der Waals surface area contributed by atoms with E-state index >= 15 is 0 Å². The highest BCUT2D eigenvalue weighted by atomic mass is 16.5. The summed E-state index contributed by atoms with van der Waals surface area (Å²) in [6.45, 7) is 4.89. The van der Waals surface area contributed by atoms with Gasteiger partial charge in [0.2, 0.25) is 11.8 Å². The molecule has 0 saturated carbocycles. The Bertz CT molecular complexity index is 1200. The topological polar surface area (TPSA) is 135 Å². The fourth-order valence-electron chi connectivity index (χ4n) is 5.50. The van der Waals surface area contributed by atoms with E-state index < -0.39 is 30.1 Å². The van der Waals surface area contributed by atoms with Crippen LogP contribution in [0.1, 0.15) is 56.6 Å². The van der Waals surface area contributed by atoms with Crippen molar-refractivity contribution < 1.29 is 28.7 Å². The van der Waals surface area contributed by atoms with E-state index in [1.165, 1.54) is 7.11 Å². The molecule has 41 heavy (non-hydrogen) atoms. The predicted octanol–water partition coefficient (Wildman–Crippen LogP) is 2.86. The van der Waals surface area contributed by atoms with Gasteiger partial charge in [0, 0.05) is 12.5 Å². The minimum atomic E-state index is -0.917. The molecule has 2 aliphatic rings. The number of fused-ring (bicyclic) bond motifs is 3. The van der Waals surface area contributed by atoms with Crippen molar-refractivity contribution in [1.82, 2.24) is 21.3 Å². The predicted molar refractivity (Wildman–Crippen MR) is 154 cm³/mol. The number of esters is 1. The Hall–Kier alpha value is -3.92. The molecule has 3 unspecified atom stereocenters. The van der Waals surface area contributed by atoms with E-state index in [9.17, 15) is 19.2 Å². The molecule has 4 N–H and O–H groups in total. The molecule has 2 aromatic carbocycles. The molecule has 0 aromatic heterocycles. The number of nitrogens with one attached hydrogen (secondary N) is 4. The second-order valence-electron chi connectivity index (χ2n) is 10.9. The van der Waals surface area contributed by atoms with Crippen molar-refractivity contribution in [2.24, 2.45) is 5.92 Å². The summed E-state index contributed by atoms with van der Waals surface area (Å²) in [5.41, 5.74) is 4.58. The van der Waals surface area contributed by atoms with Gasteiger partial charge in [-0.1, -0.05) is 62.4 Å². The highest BCUT2D eigenvalue weighted by molar-refractivity contribution is 5.92. The number of alkyl carbamates (subject to hydrolysis) is 1. The fourth-order valence-corrected chi connectivity index (χ4v) is 5.50.